The first-order valence-corrected chi connectivity index (χ1v) is 10.1. The zero-order valence-electron chi connectivity index (χ0n) is 16.0. The molecule has 0 saturated carbocycles. The number of anilines is 2. The van der Waals surface area contributed by atoms with E-state index in [1.165, 1.54) is 17.3 Å². The summed E-state index contributed by atoms with van der Waals surface area (Å²) in [4.78, 5) is 19.0. The number of hydrogen-bond donors (Lipinski definition) is 1. The number of carbonyl (C=O) groups is 1. The predicted octanol–water partition coefficient (Wildman–Crippen LogP) is 3.87. The summed E-state index contributed by atoms with van der Waals surface area (Å²) in [6, 6.07) is 11.9. The lowest BCUT2D eigenvalue weighted by Crippen LogP contribution is -2.16. The van der Waals surface area contributed by atoms with Gasteiger partial charge >= 0.3 is 0 Å². The molecule has 0 spiro atoms. The third-order valence-corrected chi connectivity index (χ3v) is 5.72. The monoisotopic (exact) mass is 380 g/mol. The third kappa shape index (κ3) is 4.81. The molecule has 0 saturated heterocycles. The summed E-state index contributed by atoms with van der Waals surface area (Å²) in [6.07, 6.45) is 3.05. The van der Waals surface area contributed by atoms with Crippen molar-refractivity contribution in [1.29, 1.82) is 5.26 Å². The van der Waals surface area contributed by atoms with Crippen LogP contribution in [0.25, 0.3) is 0 Å². The Bertz CT molecular complexity index is 871. The molecular weight excluding hydrogens is 356 g/mol. The summed E-state index contributed by atoms with van der Waals surface area (Å²) in [7, 11) is 3.95. The van der Waals surface area contributed by atoms with E-state index in [0.29, 0.717) is 16.5 Å². The fourth-order valence-electron chi connectivity index (χ4n) is 3.19. The number of nitrogens with zero attached hydrogens (tertiary/aromatic N) is 3. The smallest absolute Gasteiger partial charge is 0.234 e. The molecule has 1 N–H and O–H groups in total. The molecule has 6 heteroatoms. The zero-order valence-corrected chi connectivity index (χ0v) is 16.8. The summed E-state index contributed by atoms with van der Waals surface area (Å²) >= 11 is 1.33. The lowest BCUT2D eigenvalue weighted by molar-refractivity contribution is -0.113. The second kappa shape index (κ2) is 8.45. The number of thioether (sulfide) groups is 1. The van der Waals surface area contributed by atoms with Gasteiger partial charge in [0.15, 0.2) is 0 Å². The van der Waals surface area contributed by atoms with Crippen LogP contribution in [-0.2, 0) is 17.6 Å². The van der Waals surface area contributed by atoms with Gasteiger partial charge in [-0.3, -0.25) is 4.79 Å². The highest BCUT2D eigenvalue weighted by atomic mass is 32.2. The zero-order chi connectivity index (χ0) is 19.4. The first-order valence-electron chi connectivity index (χ1n) is 9.09. The molecule has 0 bridgehead atoms. The van der Waals surface area contributed by atoms with Crippen LogP contribution in [0.15, 0.2) is 35.4 Å². The molecule has 1 heterocycles. The van der Waals surface area contributed by atoms with E-state index in [1.54, 1.807) is 0 Å². The van der Waals surface area contributed by atoms with Gasteiger partial charge in [-0.25, -0.2) is 4.98 Å². The minimum Gasteiger partial charge on any atom is -0.378 e. The van der Waals surface area contributed by atoms with E-state index in [1.807, 2.05) is 49.3 Å². The summed E-state index contributed by atoms with van der Waals surface area (Å²) < 4.78 is 0. The summed E-state index contributed by atoms with van der Waals surface area (Å²) in [5, 5.41) is 13.0. The van der Waals surface area contributed by atoms with Gasteiger partial charge in [0.05, 0.1) is 11.3 Å². The molecule has 27 heavy (non-hydrogen) atoms. The number of benzene rings is 1. The molecule has 1 aromatic carbocycles. The van der Waals surface area contributed by atoms with Crippen molar-refractivity contribution in [1.82, 2.24) is 4.98 Å². The number of rotatable bonds is 5. The van der Waals surface area contributed by atoms with Crippen LogP contribution in [0, 0.1) is 17.2 Å². The van der Waals surface area contributed by atoms with E-state index < -0.39 is 0 Å². The lowest BCUT2D eigenvalue weighted by atomic mass is 9.87. The van der Waals surface area contributed by atoms with Crippen LogP contribution in [0.1, 0.15) is 30.2 Å². The molecule has 1 unspecified atom stereocenters. The first kappa shape index (κ1) is 19.2. The van der Waals surface area contributed by atoms with E-state index >= 15 is 0 Å². The molecule has 2 aromatic rings. The van der Waals surface area contributed by atoms with E-state index in [2.05, 4.69) is 23.3 Å². The highest BCUT2D eigenvalue weighted by molar-refractivity contribution is 8.00. The molecule has 1 aliphatic carbocycles. The first-order chi connectivity index (χ1) is 13.0. The predicted molar refractivity (Wildman–Crippen MR) is 110 cm³/mol. The number of pyridine rings is 1. The summed E-state index contributed by atoms with van der Waals surface area (Å²) in [5.41, 5.74) is 4.66. The van der Waals surface area contributed by atoms with Crippen molar-refractivity contribution in [2.45, 2.75) is 31.2 Å². The van der Waals surface area contributed by atoms with Gasteiger partial charge in [-0.1, -0.05) is 18.7 Å². The largest absolute Gasteiger partial charge is 0.378 e. The quantitative estimate of drug-likeness (QED) is 0.798. The van der Waals surface area contributed by atoms with Crippen molar-refractivity contribution in [2.75, 3.05) is 30.1 Å². The number of carbonyl (C=O) groups excluding carboxylic acids is 1. The van der Waals surface area contributed by atoms with E-state index in [9.17, 15) is 10.1 Å². The second-order valence-electron chi connectivity index (χ2n) is 7.18. The maximum absolute atomic E-state index is 12.3. The number of hydrogen-bond acceptors (Lipinski definition) is 5. The Morgan fingerprint density at radius 2 is 2.11 bits per heavy atom. The fraction of sp³-hybridized carbons (Fsp3) is 0.381. The Balaban J connectivity index is 1.64. The van der Waals surface area contributed by atoms with Gasteiger partial charge in [0.2, 0.25) is 5.91 Å². The van der Waals surface area contributed by atoms with Gasteiger partial charge in [0, 0.05) is 31.2 Å². The number of aromatic nitrogens is 1. The maximum Gasteiger partial charge on any atom is 0.234 e. The second-order valence-corrected chi connectivity index (χ2v) is 8.15. The van der Waals surface area contributed by atoms with Crippen molar-refractivity contribution in [3.63, 3.8) is 0 Å². The van der Waals surface area contributed by atoms with Gasteiger partial charge < -0.3 is 10.2 Å². The highest BCUT2D eigenvalue weighted by Crippen LogP contribution is 2.29. The SMILES string of the molecule is CC1CCc2nc(SCC(=O)Nc3ccc(N(C)C)cc3)c(C#N)cc2C1. The molecule has 3 rings (SSSR count). The standard InChI is InChI=1S/C21H24N4OS/c1-14-4-9-19-15(10-14)11-16(12-22)21(24-19)27-13-20(26)23-17-5-7-18(8-6-17)25(2)3/h5-8,11,14H,4,9-10,13H2,1-3H3,(H,23,26). The van der Waals surface area contributed by atoms with Crippen LogP contribution < -0.4 is 10.2 Å². The van der Waals surface area contributed by atoms with Crippen molar-refractivity contribution < 1.29 is 4.79 Å². The van der Waals surface area contributed by atoms with Gasteiger partial charge in [0.1, 0.15) is 11.1 Å². The van der Waals surface area contributed by atoms with Crippen LogP contribution in [0.2, 0.25) is 0 Å². The highest BCUT2D eigenvalue weighted by Gasteiger charge is 2.19. The molecule has 140 valence electrons. The van der Waals surface area contributed by atoms with Crippen LogP contribution in [0.4, 0.5) is 11.4 Å². The number of aryl methyl sites for hydroxylation is 1. The molecule has 1 aliphatic rings. The minimum atomic E-state index is -0.102. The molecule has 1 amide bonds. The van der Waals surface area contributed by atoms with Gasteiger partial charge in [0.25, 0.3) is 0 Å². The molecule has 0 aliphatic heterocycles. The molecule has 1 aromatic heterocycles. The average Bonchev–Trinajstić information content (AvgIpc) is 2.66. The number of amides is 1. The van der Waals surface area contributed by atoms with Crippen molar-refractivity contribution in [3.05, 3.63) is 47.2 Å². The van der Waals surface area contributed by atoms with Crippen LogP contribution in [-0.4, -0.2) is 30.7 Å². The Hall–Kier alpha value is -2.52. The normalized spacial score (nSPS) is 15.6. The van der Waals surface area contributed by atoms with Crippen LogP contribution in [0.3, 0.4) is 0 Å². The number of fused-ring (bicyclic) bond motifs is 1. The van der Waals surface area contributed by atoms with Gasteiger partial charge in [-0.2, -0.15) is 5.26 Å². The van der Waals surface area contributed by atoms with Crippen LogP contribution in [0.5, 0.6) is 0 Å². The minimum absolute atomic E-state index is 0.102. The number of nitrogens with one attached hydrogen (secondary N) is 1. The third-order valence-electron chi connectivity index (χ3n) is 4.73. The Labute approximate surface area is 164 Å². The Kier molecular flexibility index (Phi) is 6.02. The topological polar surface area (TPSA) is 69.0 Å². The molecule has 0 fully saturated rings. The summed E-state index contributed by atoms with van der Waals surface area (Å²) in [5.74, 6) is 0.760. The lowest BCUT2D eigenvalue weighted by Gasteiger charge is -2.21. The molecule has 5 nitrogen and oxygen atoms in total. The van der Waals surface area contributed by atoms with Gasteiger partial charge in [-0.05, 0) is 61.1 Å². The van der Waals surface area contributed by atoms with Crippen molar-refractivity contribution in [2.24, 2.45) is 5.92 Å². The van der Waals surface area contributed by atoms with E-state index in [0.717, 1.165) is 36.3 Å². The van der Waals surface area contributed by atoms with Crippen molar-refractivity contribution in [3.8, 4) is 6.07 Å². The number of nitriles is 1. The van der Waals surface area contributed by atoms with E-state index in [-0.39, 0.29) is 11.7 Å². The molecular formula is C21H24N4OS. The summed E-state index contributed by atoms with van der Waals surface area (Å²) in [6.45, 7) is 2.23. The fourth-order valence-corrected chi connectivity index (χ4v) is 3.97. The Morgan fingerprint density at radius 1 is 1.37 bits per heavy atom. The van der Waals surface area contributed by atoms with E-state index in [4.69, 9.17) is 0 Å². The average molecular weight is 381 g/mol. The van der Waals surface area contributed by atoms with Crippen LogP contribution >= 0.6 is 11.8 Å². The van der Waals surface area contributed by atoms with Crippen molar-refractivity contribution >= 4 is 29.0 Å². The molecule has 0 radical (unpaired) electrons. The maximum atomic E-state index is 12.3. The Morgan fingerprint density at radius 3 is 2.78 bits per heavy atom. The molecule has 1 atom stereocenters. The van der Waals surface area contributed by atoms with Gasteiger partial charge in [-0.15, -0.1) is 0 Å².